The van der Waals surface area contributed by atoms with Crippen molar-refractivity contribution < 1.29 is 28.6 Å². The van der Waals surface area contributed by atoms with Crippen molar-refractivity contribution >= 4 is 17.9 Å². The number of ether oxygens (including phenoxy) is 3. The fourth-order valence-electron chi connectivity index (χ4n) is 9.10. The van der Waals surface area contributed by atoms with Crippen molar-refractivity contribution in [1.82, 2.24) is 0 Å². The van der Waals surface area contributed by atoms with Crippen molar-refractivity contribution in [2.24, 2.45) is 5.92 Å². The second-order valence-corrected chi connectivity index (χ2v) is 20.8. The molecule has 0 radical (unpaired) electrons. The van der Waals surface area contributed by atoms with Gasteiger partial charge in [0, 0.05) is 19.3 Å². The van der Waals surface area contributed by atoms with Crippen LogP contribution in [0, 0.1) is 5.92 Å². The Kier molecular flexibility index (Phi) is 52.1. The number of esters is 3. The van der Waals surface area contributed by atoms with E-state index in [1.807, 2.05) is 0 Å². The Morgan fingerprint density at radius 3 is 0.754 bits per heavy atom. The van der Waals surface area contributed by atoms with Crippen LogP contribution >= 0.6 is 0 Å². The molecule has 0 rings (SSSR count). The summed E-state index contributed by atoms with van der Waals surface area (Å²) < 4.78 is 16.9. The average Bonchev–Trinajstić information content (AvgIpc) is 3.29. The molecular formula is C59H114O6. The van der Waals surface area contributed by atoms with E-state index in [0.29, 0.717) is 19.3 Å². The topological polar surface area (TPSA) is 78.9 Å². The third kappa shape index (κ3) is 53.2. The molecule has 0 aliphatic carbocycles. The standard InChI is InChI=1S/C59H114O6/c1-5-7-9-11-13-15-16-17-18-19-20-21-25-28-31-35-38-42-46-50-57(60)63-53-56(65-59(62)52-48-44-40-33-14-12-10-8-6-2)54-64-58(61)51-47-43-39-36-32-29-26-23-22-24-27-30-34-37-41-45-49-55(3)4/h55-56H,5-54H2,1-4H3/t56-/m1/s1. The lowest BCUT2D eigenvalue weighted by Gasteiger charge is -2.18. The summed E-state index contributed by atoms with van der Waals surface area (Å²) in [6.45, 7) is 9.05. The first-order valence-corrected chi connectivity index (χ1v) is 29.4. The maximum absolute atomic E-state index is 12.8. The molecule has 0 saturated heterocycles. The second-order valence-electron chi connectivity index (χ2n) is 20.8. The molecule has 6 nitrogen and oxygen atoms in total. The van der Waals surface area contributed by atoms with Gasteiger partial charge < -0.3 is 14.2 Å². The number of rotatable bonds is 54. The van der Waals surface area contributed by atoms with E-state index >= 15 is 0 Å². The minimum absolute atomic E-state index is 0.0621. The van der Waals surface area contributed by atoms with Crippen LogP contribution in [0.2, 0.25) is 0 Å². The van der Waals surface area contributed by atoms with Gasteiger partial charge >= 0.3 is 17.9 Å². The summed E-state index contributed by atoms with van der Waals surface area (Å²) in [7, 11) is 0. The van der Waals surface area contributed by atoms with E-state index in [1.54, 1.807) is 0 Å². The molecule has 0 N–H and O–H groups in total. The van der Waals surface area contributed by atoms with Gasteiger partial charge in [0.1, 0.15) is 13.2 Å². The molecule has 386 valence electrons. The Labute approximate surface area is 406 Å². The van der Waals surface area contributed by atoms with Crippen LogP contribution in [0.3, 0.4) is 0 Å². The van der Waals surface area contributed by atoms with Crippen LogP contribution in [0.4, 0.5) is 0 Å². The maximum atomic E-state index is 12.8. The Balaban J connectivity index is 4.16. The van der Waals surface area contributed by atoms with Crippen LogP contribution in [0.25, 0.3) is 0 Å². The predicted octanol–water partition coefficient (Wildman–Crippen LogP) is 19.4. The minimum Gasteiger partial charge on any atom is -0.462 e. The Bertz CT molecular complexity index is 980. The van der Waals surface area contributed by atoms with E-state index < -0.39 is 6.10 Å². The van der Waals surface area contributed by atoms with E-state index in [1.165, 1.54) is 231 Å². The molecule has 0 spiro atoms. The summed E-state index contributed by atoms with van der Waals surface area (Å²) in [6.07, 6.45) is 58.2. The molecule has 0 aromatic heterocycles. The minimum atomic E-state index is -0.761. The van der Waals surface area contributed by atoms with E-state index in [2.05, 4.69) is 27.7 Å². The third-order valence-electron chi connectivity index (χ3n) is 13.5. The van der Waals surface area contributed by atoms with Crippen molar-refractivity contribution in [3.05, 3.63) is 0 Å². The molecule has 0 fully saturated rings. The Morgan fingerprint density at radius 1 is 0.292 bits per heavy atom. The Morgan fingerprint density at radius 2 is 0.508 bits per heavy atom. The van der Waals surface area contributed by atoms with E-state index in [-0.39, 0.29) is 31.1 Å². The monoisotopic (exact) mass is 919 g/mol. The molecule has 0 aromatic carbocycles. The molecule has 0 saturated carbocycles. The number of hydrogen-bond acceptors (Lipinski definition) is 6. The number of carbonyl (C=O) groups is 3. The largest absolute Gasteiger partial charge is 0.462 e. The summed E-state index contributed by atoms with van der Waals surface area (Å²) in [5.74, 6) is 0.0145. The molecule has 0 heterocycles. The quantitative estimate of drug-likeness (QED) is 0.0344. The molecule has 0 aliphatic heterocycles. The van der Waals surface area contributed by atoms with Gasteiger partial charge in [-0.05, 0) is 25.2 Å². The van der Waals surface area contributed by atoms with Gasteiger partial charge in [-0.25, -0.2) is 0 Å². The van der Waals surface area contributed by atoms with Gasteiger partial charge in [0.2, 0.25) is 0 Å². The first-order valence-electron chi connectivity index (χ1n) is 29.4. The van der Waals surface area contributed by atoms with Gasteiger partial charge in [-0.15, -0.1) is 0 Å². The lowest BCUT2D eigenvalue weighted by atomic mass is 10.0. The molecular weight excluding hydrogens is 805 g/mol. The lowest BCUT2D eigenvalue weighted by molar-refractivity contribution is -0.167. The maximum Gasteiger partial charge on any atom is 0.306 e. The predicted molar refractivity (Wildman–Crippen MR) is 280 cm³/mol. The summed E-state index contributed by atoms with van der Waals surface area (Å²) in [5.41, 5.74) is 0. The van der Waals surface area contributed by atoms with Crippen molar-refractivity contribution in [2.45, 2.75) is 342 Å². The molecule has 65 heavy (non-hydrogen) atoms. The lowest BCUT2D eigenvalue weighted by Crippen LogP contribution is -2.30. The van der Waals surface area contributed by atoms with Crippen LogP contribution in [0.1, 0.15) is 336 Å². The second kappa shape index (κ2) is 53.4. The van der Waals surface area contributed by atoms with Gasteiger partial charge in [-0.3, -0.25) is 14.4 Å². The number of unbranched alkanes of at least 4 members (excludes halogenated alkanes) is 41. The first-order chi connectivity index (χ1) is 31.9. The van der Waals surface area contributed by atoms with Gasteiger partial charge in [0.05, 0.1) is 0 Å². The summed E-state index contributed by atoms with van der Waals surface area (Å²) in [4.78, 5) is 38.0. The molecule has 0 unspecified atom stereocenters. The Hall–Kier alpha value is -1.59. The first kappa shape index (κ1) is 63.4. The van der Waals surface area contributed by atoms with Crippen molar-refractivity contribution in [1.29, 1.82) is 0 Å². The normalized spacial score (nSPS) is 12.0. The van der Waals surface area contributed by atoms with E-state index in [4.69, 9.17) is 14.2 Å². The van der Waals surface area contributed by atoms with Crippen LogP contribution in [-0.4, -0.2) is 37.2 Å². The van der Waals surface area contributed by atoms with Gasteiger partial charge in [-0.1, -0.05) is 297 Å². The zero-order valence-electron chi connectivity index (χ0n) is 44.5. The highest BCUT2D eigenvalue weighted by Gasteiger charge is 2.19. The van der Waals surface area contributed by atoms with Crippen molar-refractivity contribution in [2.75, 3.05) is 13.2 Å². The van der Waals surface area contributed by atoms with Gasteiger partial charge in [-0.2, -0.15) is 0 Å². The SMILES string of the molecule is CCCCCCCCCCCCCCCCCCCCCC(=O)OC[C@H](COC(=O)CCCCCCCCCCCCCCCCCCC(C)C)OC(=O)CCCCCCCCCCC. The fraction of sp³-hybridized carbons (Fsp3) is 0.949. The molecule has 0 aliphatic rings. The highest BCUT2D eigenvalue weighted by atomic mass is 16.6. The molecule has 0 bridgehead atoms. The van der Waals surface area contributed by atoms with Crippen LogP contribution in [0.15, 0.2) is 0 Å². The fourth-order valence-corrected chi connectivity index (χ4v) is 9.10. The average molecular weight is 920 g/mol. The van der Waals surface area contributed by atoms with Crippen LogP contribution in [0.5, 0.6) is 0 Å². The summed E-state index contributed by atoms with van der Waals surface area (Å²) >= 11 is 0. The van der Waals surface area contributed by atoms with Crippen molar-refractivity contribution in [3.63, 3.8) is 0 Å². The van der Waals surface area contributed by atoms with Crippen LogP contribution < -0.4 is 0 Å². The van der Waals surface area contributed by atoms with Gasteiger partial charge in [0.15, 0.2) is 6.10 Å². The summed E-state index contributed by atoms with van der Waals surface area (Å²) in [5, 5.41) is 0. The zero-order chi connectivity index (χ0) is 47.4. The molecule has 0 amide bonds. The molecule has 0 aromatic rings. The smallest absolute Gasteiger partial charge is 0.306 e. The third-order valence-corrected chi connectivity index (χ3v) is 13.5. The highest BCUT2D eigenvalue weighted by molar-refractivity contribution is 5.71. The van der Waals surface area contributed by atoms with E-state index in [9.17, 15) is 14.4 Å². The van der Waals surface area contributed by atoms with Gasteiger partial charge in [0.25, 0.3) is 0 Å². The van der Waals surface area contributed by atoms with Crippen LogP contribution in [-0.2, 0) is 28.6 Å². The zero-order valence-corrected chi connectivity index (χ0v) is 44.5. The highest BCUT2D eigenvalue weighted by Crippen LogP contribution is 2.18. The number of carbonyl (C=O) groups excluding carboxylic acids is 3. The molecule has 1 atom stereocenters. The molecule has 6 heteroatoms. The van der Waals surface area contributed by atoms with E-state index in [0.717, 1.165) is 63.7 Å². The summed E-state index contributed by atoms with van der Waals surface area (Å²) in [6, 6.07) is 0. The number of hydrogen-bond donors (Lipinski definition) is 0. The van der Waals surface area contributed by atoms with Crippen molar-refractivity contribution in [3.8, 4) is 0 Å².